The highest BCUT2D eigenvalue weighted by atomic mass is 35.5. The second kappa shape index (κ2) is 17.7. The number of halogens is 2. The van der Waals surface area contributed by atoms with Gasteiger partial charge in [0.25, 0.3) is 0 Å². The molecule has 2 nitrogen and oxygen atoms in total. The smallest absolute Gasteiger partial charge is 0.225 e. The van der Waals surface area contributed by atoms with E-state index in [1.54, 1.807) is 0 Å². The lowest BCUT2D eigenvalue weighted by Crippen LogP contribution is -2.11. The molecular weight excluding hydrogens is 343 g/mol. The van der Waals surface area contributed by atoms with Crippen LogP contribution in [-0.2, 0) is 9.59 Å². The van der Waals surface area contributed by atoms with Crippen LogP contribution in [0.5, 0.6) is 0 Å². The molecule has 0 bridgehead atoms. The number of unbranched alkanes of at least 4 members (excludes halogenated alkanes) is 13. The van der Waals surface area contributed by atoms with Gasteiger partial charge in [-0.15, -0.1) is 0 Å². The van der Waals surface area contributed by atoms with Crippen LogP contribution in [0.1, 0.15) is 110 Å². The van der Waals surface area contributed by atoms with Crippen molar-refractivity contribution in [2.45, 2.75) is 110 Å². The predicted molar refractivity (Wildman–Crippen MR) is 105 cm³/mol. The van der Waals surface area contributed by atoms with Gasteiger partial charge in [0, 0.05) is 12.3 Å². The van der Waals surface area contributed by atoms with Gasteiger partial charge < -0.3 is 0 Å². The lowest BCUT2D eigenvalue weighted by molar-refractivity contribution is -0.120. The molecule has 0 saturated carbocycles. The third-order valence-electron chi connectivity index (χ3n) is 4.63. The van der Waals surface area contributed by atoms with Crippen LogP contribution in [0.2, 0.25) is 0 Å². The first-order chi connectivity index (χ1) is 11.6. The van der Waals surface area contributed by atoms with E-state index in [0.717, 1.165) is 12.8 Å². The largest absolute Gasteiger partial charge is 0.281 e. The standard InChI is InChI=1S/C20H36Cl2O2/c1-2-3-4-5-6-7-8-9-10-11-12-13-14-15-16-18(20(22)24)17-19(21)23/h18H,2-17H2,1H3. The molecule has 0 aliphatic heterocycles. The summed E-state index contributed by atoms with van der Waals surface area (Å²) in [7, 11) is 0. The van der Waals surface area contributed by atoms with Crippen molar-refractivity contribution in [2.75, 3.05) is 0 Å². The van der Waals surface area contributed by atoms with Gasteiger partial charge in [0.2, 0.25) is 10.5 Å². The van der Waals surface area contributed by atoms with Crippen molar-refractivity contribution < 1.29 is 9.59 Å². The zero-order valence-corrected chi connectivity index (χ0v) is 17.0. The highest BCUT2D eigenvalue weighted by Gasteiger charge is 2.18. The summed E-state index contributed by atoms with van der Waals surface area (Å²) < 4.78 is 0. The zero-order valence-electron chi connectivity index (χ0n) is 15.5. The minimum Gasteiger partial charge on any atom is -0.281 e. The molecule has 1 atom stereocenters. The van der Waals surface area contributed by atoms with Gasteiger partial charge in [-0.25, -0.2) is 0 Å². The molecule has 24 heavy (non-hydrogen) atoms. The Bertz CT molecular complexity index is 319. The highest BCUT2D eigenvalue weighted by molar-refractivity contribution is 6.66. The van der Waals surface area contributed by atoms with E-state index in [2.05, 4.69) is 6.92 Å². The average molecular weight is 379 g/mol. The molecule has 4 heteroatoms. The van der Waals surface area contributed by atoms with E-state index < -0.39 is 16.4 Å². The summed E-state index contributed by atoms with van der Waals surface area (Å²) >= 11 is 10.8. The predicted octanol–water partition coefficient (Wildman–Crippen LogP) is 7.39. The first kappa shape index (κ1) is 23.9. The van der Waals surface area contributed by atoms with Crippen molar-refractivity contribution >= 4 is 33.7 Å². The zero-order chi connectivity index (χ0) is 18.0. The number of rotatable bonds is 18. The number of carbonyl (C=O) groups excluding carboxylic acids is 2. The molecule has 0 amide bonds. The number of carbonyl (C=O) groups is 2. The molecule has 0 heterocycles. The van der Waals surface area contributed by atoms with Crippen molar-refractivity contribution in [3.05, 3.63) is 0 Å². The molecule has 1 unspecified atom stereocenters. The summed E-state index contributed by atoms with van der Waals surface area (Å²) in [6, 6.07) is 0. The molecule has 0 aliphatic carbocycles. The lowest BCUT2D eigenvalue weighted by atomic mass is 9.98. The normalized spacial score (nSPS) is 12.3. The fourth-order valence-corrected chi connectivity index (χ4v) is 3.45. The summed E-state index contributed by atoms with van der Waals surface area (Å²) in [4.78, 5) is 22.1. The maximum atomic E-state index is 11.2. The Morgan fingerprint density at radius 3 is 1.38 bits per heavy atom. The summed E-state index contributed by atoms with van der Waals surface area (Å²) in [6.07, 6.45) is 19.0. The van der Waals surface area contributed by atoms with Gasteiger partial charge in [-0.2, -0.15) is 0 Å². The molecule has 0 fully saturated rings. The first-order valence-electron chi connectivity index (χ1n) is 9.95. The van der Waals surface area contributed by atoms with Gasteiger partial charge in [0.15, 0.2) is 0 Å². The van der Waals surface area contributed by atoms with Crippen LogP contribution in [-0.4, -0.2) is 10.5 Å². The SMILES string of the molecule is CCCCCCCCCCCCCCCCC(CC(=O)Cl)C(=O)Cl. The molecular formula is C20H36Cl2O2. The maximum absolute atomic E-state index is 11.2. The van der Waals surface area contributed by atoms with Crippen molar-refractivity contribution in [1.82, 2.24) is 0 Å². The first-order valence-corrected chi connectivity index (χ1v) is 10.7. The minimum absolute atomic E-state index is 0.0718. The van der Waals surface area contributed by atoms with Gasteiger partial charge in [0.1, 0.15) is 0 Å². The van der Waals surface area contributed by atoms with Crippen molar-refractivity contribution in [3.63, 3.8) is 0 Å². The molecule has 0 saturated heterocycles. The Labute approximate surface area is 159 Å². The molecule has 0 aromatic carbocycles. The van der Waals surface area contributed by atoms with Gasteiger partial charge in [-0.3, -0.25) is 9.59 Å². The van der Waals surface area contributed by atoms with Crippen LogP contribution >= 0.6 is 23.2 Å². The second-order valence-electron chi connectivity index (χ2n) is 6.95. The molecule has 0 aromatic heterocycles. The molecule has 0 rings (SSSR count). The Kier molecular flexibility index (Phi) is 17.7. The average Bonchev–Trinajstić information content (AvgIpc) is 2.53. The molecule has 0 spiro atoms. The lowest BCUT2D eigenvalue weighted by Gasteiger charge is -2.09. The van der Waals surface area contributed by atoms with Gasteiger partial charge in [0.05, 0.1) is 0 Å². The van der Waals surface area contributed by atoms with Gasteiger partial charge in [-0.05, 0) is 29.6 Å². The van der Waals surface area contributed by atoms with E-state index in [1.165, 1.54) is 77.0 Å². The second-order valence-corrected chi connectivity index (χ2v) is 7.74. The molecule has 142 valence electrons. The van der Waals surface area contributed by atoms with Crippen LogP contribution < -0.4 is 0 Å². The van der Waals surface area contributed by atoms with Crippen molar-refractivity contribution in [3.8, 4) is 0 Å². The van der Waals surface area contributed by atoms with Crippen molar-refractivity contribution in [2.24, 2.45) is 5.92 Å². The van der Waals surface area contributed by atoms with Crippen molar-refractivity contribution in [1.29, 1.82) is 0 Å². The molecule has 0 aromatic rings. The van der Waals surface area contributed by atoms with Crippen LogP contribution in [0.3, 0.4) is 0 Å². The Morgan fingerprint density at radius 1 is 0.667 bits per heavy atom. The topological polar surface area (TPSA) is 34.1 Å². The number of hydrogen-bond acceptors (Lipinski definition) is 2. The quantitative estimate of drug-likeness (QED) is 0.184. The Hall–Kier alpha value is -0.0800. The van der Waals surface area contributed by atoms with Gasteiger partial charge in [-0.1, -0.05) is 96.8 Å². The third kappa shape index (κ3) is 16.8. The Morgan fingerprint density at radius 2 is 1.04 bits per heavy atom. The fraction of sp³-hybridized carbons (Fsp3) is 0.900. The van der Waals surface area contributed by atoms with E-state index in [4.69, 9.17) is 23.2 Å². The van der Waals surface area contributed by atoms with E-state index in [9.17, 15) is 9.59 Å². The third-order valence-corrected chi connectivity index (χ3v) is 5.10. The fourth-order valence-electron chi connectivity index (χ4n) is 3.07. The van der Waals surface area contributed by atoms with Crippen LogP contribution in [0, 0.1) is 5.92 Å². The van der Waals surface area contributed by atoms with E-state index in [-0.39, 0.29) is 6.42 Å². The minimum atomic E-state index is -0.473. The molecule has 0 N–H and O–H groups in total. The van der Waals surface area contributed by atoms with E-state index >= 15 is 0 Å². The van der Waals surface area contributed by atoms with Crippen LogP contribution in [0.25, 0.3) is 0 Å². The summed E-state index contributed by atoms with van der Waals surface area (Å²) in [5.74, 6) is -0.394. The van der Waals surface area contributed by atoms with Gasteiger partial charge >= 0.3 is 0 Å². The maximum Gasteiger partial charge on any atom is 0.225 e. The Balaban J connectivity index is 3.30. The summed E-state index contributed by atoms with van der Waals surface area (Å²) in [6.45, 7) is 2.26. The van der Waals surface area contributed by atoms with E-state index in [1.807, 2.05) is 0 Å². The highest BCUT2D eigenvalue weighted by Crippen LogP contribution is 2.19. The van der Waals surface area contributed by atoms with Crippen LogP contribution in [0.4, 0.5) is 0 Å². The molecule has 0 radical (unpaired) electrons. The summed E-state index contributed by atoms with van der Waals surface area (Å²) in [5.41, 5.74) is 0. The monoisotopic (exact) mass is 378 g/mol. The summed E-state index contributed by atoms with van der Waals surface area (Å²) in [5, 5.41) is -0.905. The number of hydrogen-bond donors (Lipinski definition) is 0. The molecule has 0 aliphatic rings. The van der Waals surface area contributed by atoms with E-state index in [0.29, 0.717) is 6.42 Å². The van der Waals surface area contributed by atoms with Crippen LogP contribution in [0.15, 0.2) is 0 Å².